The predicted octanol–water partition coefficient (Wildman–Crippen LogP) is 5.20. The van der Waals surface area contributed by atoms with Crippen molar-refractivity contribution in [2.75, 3.05) is 6.61 Å². The number of unbranched alkanes of at least 4 members (excludes halogenated alkanes) is 11. The zero-order chi connectivity index (χ0) is 18.8. The highest BCUT2D eigenvalue weighted by Gasteiger charge is 2.12. The topological polar surface area (TPSA) is 104 Å². The van der Waals surface area contributed by atoms with Gasteiger partial charge in [-0.25, -0.2) is 4.57 Å². The maximum absolute atomic E-state index is 10.5. The van der Waals surface area contributed by atoms with E-state index in [9.17, 15) is 9.36 Å². The van der Waals surface area contributed by atoms with Crippen molar-refractivity contribution in [3.8, 4) is 0 Å². The van der Waals surface area contributed by atoms with E-state index in [1.807, 2.05) is 0 Å². The molecule has 0 aromatic carbocycles. The van der Waals surface area contributed by atoms with Gasteiger partial charge < -0.3 is 14.9 Å². The van der Waals surface area contributed by atoms with E-state index in [0.717, 1.165) is 57.8 Å². The van der Waals surface area contributed by atoms with E-state index in [2.05, 4.69) is 16.7 Å². The van der Waals surface area contributed by atoms with E-state index >= 15 is 0 Å². The maximum atomic E-state index is 10.5. The summed E-state index contributed by atoms with van der Waals surface area (Å²) in [6, 6.07) is 0. The standard InChI is InChI=1S/C18H35O6P/c19-18(20)16-14-12-10-8-6-4-2-1-3-5-7-9-11-13-15-17-24-25(21,22)23/h1,3H,2,4-17H2,(H,19,20)(H2,21,22,23)/b3-1+. The molecule has 0 aliphatic carbocycles. The maximum Gasteiger partial charge on any atom is 0.469 e. The first-order valence-corrected chi connectivity index (χ1v) is 11.0. The summed E-state index contributed by atoms with van der Waals surface area (Å²) in [5, 5.41) is 8.53. The zero-order valence-electron chi connectivity index (χ0n) is 15.3. The van der Waals surface area contributed by atoms with Crippen molar-refractivity contribution in [2.24, 2.45) is 0 Å². The van der Waals surface area contributed by atoms with Gasteiger partial charge in [-0.3, -0.25) is 9.32 Å². The van der Waals surface area contributed by atoms with Crippen molar-refractivity contribution in [3.63, 3.8) is 0 Å². The molecule has 0 heterocycles. The summed E-state index contributed by atoms with van der Waals surface area (Å²) in [4.78, 5) is 27.4. The van der Waals surface area contributed by atoms with Crippen LogP contribution in [-0.2, 0) is 13.9 Å². The molecule has 0 unspecified atom stereocenters. The molecule has 25 heavy (non-hydrogen) atoms. The van der Waals surface area contributed by atoms with Gasteiger partial charge in [0.05, 0.1) is 6.61 Å². The lowest BCUT2D eigenvalue weighted by Crippen LogP contribution is -1.93. The Labute approximate surface area is 151 Å². The summed E-state index contributed by atoms with van der Waals surface area (Å²) in [6.07, 6.45) is 18.6. The van der Waals surface area contributed by atoms with Crippen LogP contribution in [0.1, 0.15) is 89.9 Å². The number of allylic oxidation sites excluding steroid dienone is 2. The number of carboxylic acid groups (broad SMARTS) is 1. The van der Waals surface area contributed by atoms with E-state index in [1.165, 1.54) is 19.3 Å². The van der Waals surface area contributed by atoms with E-state index in [1.54, 1.807) is 0 Å². The summed E-state index contributed by atoms with van der Waals surface area (Å²) >= 11 is 0. The smallest absolute Gasteiger partial charge is 0.469 e. The lowest BCUT2D eigenvalue weighted by Gasteiger charge is -2.04. The molecule has 3 N–H and O–H groups in total. The van der Waals surface area contributed by atoms with Gasteiger partial charge in [-0.05, 0) is 38.5 Å². The first-order chi connectivity index (χ1) is 11.9. The molecule has 0 aliphatic heterocycles. The fourth-order valence-corrected chi connectivity index (χ4v) is 2.93. The number of hydrogen-bond acceptors (Lipinski definition) is 3. The molecule has 148 valence electrons. The van der Waals surface area contributed by atoms with Crippen molar-refractivity contribution in [1.29, 1.82) is 0 Å². The van der Waals surface area contributed by atoms with E-state index in [-0.39, 0.29) is 6.61 Å². The quantitative estimate of drug-likeness (QED) is 0.172. The summed E-state index contributed by atoms with van der Waals surface area (Å²) in [6.45, 7) is 0.129. The number of phosphoric acid groups is 1. The lowest BCUT2D eigenvalue weighted by atomic mass is 10.1. The molecule has 0 bridgehead atoms. The average molecular weight is 378 g/mol. The molecule has 0 aromatic rings. The largest absolute Gasteiger partial charge is 0.481 e. The van der Waals surface area contributed by atoms with Crippen molar-refractivity contribution < 1.29 is 28.8 Å². The third-order valence-corrected chi connectivity index (χ3v) is 4.47. The first-order valence-electron chi connectivity index (χ1n) is 9.48. The minimum atomic E-state index is -4.29. The van der Waals surface area contributed by atoms with Gasteiger partial charge in [-0.1, -0.05) is 57.1 Å². The first kappa shape index (κ1) is 24.3. The molecule has 0 atom stereocenters. The minimum Gasteiger partial charge on any atom is -0.481 e. The molecule has 0 radical (unpaired) electrons. The molecule has 0 spiro atoms. The van der Waals surface area contributed by atoms with Gasteiger partial charge >= 0.3 is 13.8 Å². The van der Waals surface area contributed by atoms with E-state index in [0.29, 0.717) is 12.8 Å². The number of hydrogen-bond donors (Lipinski definition) is 3. The highest BCUT2D eigenvalue weighted by Crippen LogP contribution is 2.35. The second-order valence-electron chi connectivity index (χ2n) is 6.41. The van der Waals surface area contributed by atoms with E-state index < -0.39 is 13.8 Å². The number of aliphatic carboxylic acids is 1. The molecule has 7 heteroatoms. The molecule has 0 saturated heterocycles. The SMILES string of the molecule is O=C(O)CCCCCCCC/C=C/CCCCCCCOP(=O)(O)O. The van der Waals surface area contributed by atoms with Crippen LogP contribution in [0, 0.1) is 0 Å². The molecule has 0 rings (SSSR count). The van der Waals surface area contributed by atoms with Crippen LogP contribution < -0.4 is 0 Å². The lowest BCUT2D eigenvalue weighted by molar-refractivity contribution is -0.137. The van der Waals surface area contributed by atoms with E-state index in [4.69, 9.17) is 14.9 Å². The Hall–Kier alpha value is -0.680. The van der Waals surface area contributed by atoms with Crippen molar-refractivity contribution in [3.05, 3.63) is 12.2 Å². The number of rotatable bonds is 18. The summed E-state index contributed by atoms with van der Waals surface area (Å²) in [5.74, 6) is -0.695. The fourth-order valence-electron chi connectivity index (χ4n) is 2.56. The summed E-state index contributed by atoms with van der Waals surface area (Å²) < 4.78 is 14.8. The third-order valence-electron chi connectivity index (χ3n) is 3.95. The van der Waals surface area contributed by atoms with Crippen LogP contribution in [0.4, 0.5) is 0 Å². The Bertz CT molecular complexity index is 391. The Morgan fingerprint density at radius 1 is 0.760 bits per heavy atom. The van der Waals surface area contributed by atoms with Gasteiger partial charge in [-0.2, -0.15) is 0 Å². The van der Waals surface area contributed by atoms with Gasteiger partial charge in [0.25, 0.3) is 0 Å². The second kappa shape index (κ2) is 16.8. The van der Waals surface area contributed by atoms with Gasteiger partial charge in [0.1, 0.15) is 0 Å². The van der Waals surface area contributed by atoms with Crippen LogP contribution in [0.15, 0.2) is 12.2 Å². The Balaban J connectivity index is 3.16. The van der Waals surface area contributed by atoms with Gasteiger partial charge in [0.2, 0.25) is 0 Å². The monoisotopic (exact) mass is 378 g/mol. The molecule has 0 saturated carbocycles. The molecular formula is C18H35O6P. The molecule has 0 aromatic heterocycles. The highest BCUT2D eigenvalue weighted by molar-refractivity contribution is 7.46. The predicted molar refractivity (Wildman–Crippen MR) is 99.4 cm³/mol. The normalized spacial score (nSPS) is 12.1. The van der Waals surface area contributed by atoms with Crippen LogP contribution >= 0.6 is 7.82 Å². The number of phosphoric ester groups is 1. The van der Waals surface area contributed by atoms with Crippen LogP contribution in [0.25, 0.3) is 0 Å². The van der Waals surface area contributed by atoms with Crippen LogP contribution in [-0.4, -0.2) is 27.5 Å². The summed E-state index contributed by atoms with van der Waals surface area (Å²) in [7, 11) is -4.29. The van der Waals surface area contributed by atoms with Gasteiger partial charge in [0.15, 0.2) is 0 Å². The van der Waals surface area contributed by atoms with Crippen LogP contribution in [0.2, 0.25) is 0 Å². The van der Waals surface area contributed by atoms with Crippen molar-refractivity contribution in [2.45, 2.75) is 89.9 Å². The second-order valence-corrected chi connectivity index (χ2v) is 7.64. The van der Waals surface area contributed by atoms with Crippen LogP contribution in [0.3, 0.4) is 0 Å². The average Bonchev–Trinajstić information content (AvgIpc) is 2.52. The molecule has 0 fully saturated rings. The summed E-state index contributed by atoms with van der Waals surface area (Å²) in [5.41, 5.74) is 0. The Kier molecular flexibility index (Phi) is 16.3. The molecule has 0 amide bonds. The number of carbonyl (C=O) groups is 1. The highest BCUT2D eigenvalue weighted by atomic mass is 31.2. The third kappa shape index (κ3) is 23.3. The minimum absolute atomic E-state index is 0.129. The van der Waals surface area contributed by atoms with Gasteiger partial charge in [-0.15, -0.1) is 0 Å². The van der Waals surface area contributed by atoms with Gasteiger partial charge in [0, 0.05) is 6.42 Å². The zero-order valence-corrected chi connectivity index (χ0v) is 16.2. The molecule has 0 aliphatic rings. The molecule has 6 nitrogen and oxygen atoms in total. The molecular weight excluding hydrogens is 343 g/mol. The van der Waals surface area contributed by atoms with Crippen LogP contribution in [0.5, 0.6) is 0 Å². The number of carboxylic acids is 1. The van der Waals surface area contributed by atoms with Crippen molar-refractivity contribution >= 4 is 13.8 Å². The fraction of sp³-hybridized carbons (Fsp3) is 0.833. The van der Waals surface area contributed by atoms with Crippen molar-refractivity contribution in [1.82, 2.24) is 0 Å². The Morgan fingerprint density at radius 3 is 1.68 bits per heavy atom. The Morgan fingerprint density at radius 2 is 1.20 bits per heavy atom.